The number of carbonyl (C=O) groups is 2. The molecule has 120 valence electrons. The van der Waals surface area contributed by atoms with E-state index in [1.54, 1.807) is 18.2 Å². The van der Waals surface area contributed by atoms with Gasteiger partial charge in [0.15, 0.2) is 0 Å². The average Bonchev–Trinajstić information content (AvgIpc) is 3.07. The Hall–Kier alpha value is -3.35. The van der Waals surface area contributed by atoms with Crippen LogP contribution in [0, 0.1) is 0 Å². The number of aromatic hydroxyl groups is 2. The number of pyridine rings is 1. The lowest BCUT2D eigenvalue weighted by Crippen LogP contribution is -2.28. The summed E-state index contributed by atoms with van der Waals surface area (Å²) in [6.45, 7) is 0. The number of amides is 2. The number of anilines is 1. The Morgan fingerprint density at radius 1 is 0.958 bits per heavy atom. The fraction of sp³-hybridized carbons (Fsp3) is 0.118. The summed E-state index contributed by atoms with van der Waals surface area (Å²) in [5.41, 5.74) is 0.965. The number of furan rings is 1. The molecule has 0 bridgehead atoms. The van der Waals surface area contributed by atoms with Crippen molar-refractivity contribution in [1.82, 2.24) is 4.98 Å². The molecule has 1 aromatic carbocycles. The highest BCUT2D eigenvalue weighted by atomic mass is 16.4. The van der Waals surface area contributed by atoms with Gasteiger partial charge in [0.2, 0.25) is 29.1 Å². The quantitative estimate of drug-likeness (QED) is 0.702. The van der Waals surface area contributed by atoms with Crippen LogP contribution in [0.5, 0.6) is 11.5 Å². The van der Waals surface area contributed by atoms with Crippen molar-refractivity contribution in [2.45, 2.75) is 12.8 Å². The third kappa shape index (κ3) is 2.02. The number of hydrogen-bond donors (Lipinski definition) is 2. The van der Waals surface area contributed by atoms with Gasteiger partial charge >= 0.3 is 0 Å². The van der Waals surface area contributed by atoms with Crippen molar-refractivity contribution in [2.75, 3.05) is 4.90 Å². The van der Waals surface area contributed by atoms with E-state index in [4.69, 9.17) is 4.42 Å². The number of carbonyl (C=O) groups excluding carboxylic acids is 2. The molecular weight excluding hydrogens is 312 g/mol. The molecule has 2 amide bonds. The molecule has 0 saturated carbocycles. The van der Waals surface area contributed by atoms with E-state index in [-0.39, 0.29) is 30.2 Å². The van der Waals surface area contributed by atoms with Crippen molar-refractivity contribution < 1.29 is 24.2 Å². The van der Waals surface area contributed by atoms with Crippen LogP contribution < -0.4 is 4.90 Å². The molecule has 3 aromatic rings. The Morgan fingerprint density at radius 3 is 2.42 bits per heavy atom. The summed E-state index contributed by atoms with van der Waals surface area (Å²) in [4.78, 5) is 28.7. The zero-order valence-corrected chi connectivity index (χ0v) is 12.4. The molecule has 0 unspecified atom stereocenters. The van der Waals surface area contributed by atoms with E-state index in [9.17, 15) is 19.8 Å². The topological polar surface area (TPSA) is 104 Å². The second-order valence-corrected chi connectivity index (χ2v) is 5.45. The maximum atomic E-state index is 11.8. The van der Waals surface area contributed by atoms with Crippen molar-refractivity contribution in [1.29, 1.82) is 0 Å². The van der Waals surface area contributed by atoms with Crippen LogP contribution in [0.25, 0.3) is 22.4 Å². The second-order valence-electron chi connectivity index (χ2n) is 5.45. The predicted octanol–water partition coefficient (Wildman–Crippen LogP) is 2.56. The Morgan fingerprint density at radius 2 is 1.67 bits per heavy atom. The highest BCUT2D eigenvalue weighted by Crippen LogP contribution is 2.47. The number of rotatable bonds is 2. The van der Waals surface area contributed by atoms with Crippen molar-refractivity contribution >= 4 is 28.6 Å². The number of para-hydroxylation sites is 1. The smallest absolute Gasteiger partial charge is 0.256 e. The third-order valence-corrected chi connectivity index (χ3v) is 3.93. The van der Waals surface area contributed by atoms with Gasteiger partial charge in [0.1, 0.15) is 5.69 Å². The number of fused-ring (bicyclic) bond motifs is 1. The summed E-state index contributed by atoms with van der Waals surface area (Å²) >= 11 is 0. The van der Waals surface area contributed by atoms with Gasteiger partial charge in [-0.3, -0.25) is 9.59 Å². The Kier molecular flexibility index (Phi) is 3.02. The van der Waals surface area contributed by atoms with E-state index in [0.29, 0.717) is 5.52 Å². The fourth-order valence-electron chi connectivity index (χ4n) is 2.72. The Labute approximate surface area is 135 Å². The predicted molar refractivity (Wildman–Crippen MR) is 84.5 cm³/mol. The summed E-state index contributed by atoms with van der Waals surface area (Å²) in [6, 6.07) is 10.8. The molecule has 7 heteroatoms. The number of nitrogens with zero attached hydrogens (tertiary/aromatic N) is 2. The van der Waals surface area contributed by atoms with Crippen LogP contribution in [-0.2, 0) is 9.59 Å². The summed E-state index contributed by atoms with van der Waals surface area (Å²) in [6.07, 6.45) is 0.0899. The van der Waals surface area contributed by atoms with Crippen molar-refractivity contribution in [3.63, 3.8) is 0 Å². The number of aromatic nitrogens is 1. The van der Waals surface area contributed by atoms with E-state index in [1.807, 2.05) is 18.2 Å². The zero-order chi connectivity index (χ0) is 16.8. The summed E-state index contributed by atoms with van der Waals surface area (Å²) in [5.74, 6) is -2.64. The van der Waals surface area contributed by atoms with E-state index in [0.717, 1.165) is 10.3 Å². The molecule has 24 heavy (non-hydrogen) atoms. The molecule has 1 fully saturated rings. The van der Waals surface area contributed by atoms with Crippen LogP contribution in [0.3, 0.4) is 0 Å². The van der Waals surface area contributed by atoms with Gasteiger partial charge in [-0.2, -0.15) is 0 Å². The molecule has 2 N–H and O–H groups in total. The fourth-order valence-corrected chi connectivity index (χ4v) is 2.72. The molecule has 0 atom stereocenters. The highest BCUT2D eigenvalue weighted by molar-refractivity contribution is 6.20. The van der Waals surface area contributed by atoms with E-state index < -0.39 is 23.3 Å². The molecule has 7 nitrogen and oxygen atoms in total. The number of imide groups is 1. The molecule has 2 aromatic heterocycles. The minimum Gasteiger partial charge on any atom is -0.501 e. The van der Waals surface area contributed by atoms with Crippen molar-refractivity contribution in [3.8, 4) is 23.0 Å². The van der Waals surface area contributed by atoms with Gasteiger partial charge in [-0.25, -0.2) is 9.88 Å². The average molecular weight is 324 g/mol. The number of hydrogen-bond acceptors (Lipinski definition) is 6. The molecule has 4 rings (SSSR count). The largest absolute Gasteiger partial charge is 0.501 e. The Bertz CT molecular complexity index is 976. The normalized spacial score (nSPS) is 14.8. The van der Waals surface area contributed by atoms with Crippen molar-refractivity contribution in [2.24, 2.45) is 0 Å². The minimum absolute atomic E-state index is 0.0449. The molecule has 0 aliphatic carbocycles. The van der Waals surface area contributed by atoms with Gasteiger partial charge in [0, 0.05) is 18.2 Å². The van der Waals surface area contributed by atoms with Crippen LogP contribution in [-0.4, -0.2) is 27.0 Å². The van der Waals surface area contributed by atoms with Gasteiger partial charge < -0.3 is 14.6 Å². The molecule has 1 saturated heterocycles. The molecule has 0 radical (unpaired) electrons. The summed E-state index contributed by atoms with van der Waals surface area (Å²) in [7, 11) is 0. The monoisotopic (exact) mass is 324 g/mol. The van der Waals surface area contributed by atoms with Gasteiger partial charge in [-0.05, 0) is 12.1 Å². The lowest BCUT2D eigenvalue weighted by Gasteiger charge is -2.09. The van der Waals surface area contributed by atoms with Crippen LogP contribution >= 0.6 is 0 Å². The van der Waals surface area contributed by atoms with Gasteiger partial charge in [-0.1, -0.05) is 24.3 Å². The Balaban J connectivity index is 1.85. The molecule has 0 spiro atoms. The standard InChI is InChI=1S/C17H12N2O5/c20-12-7-8-13(21)19(12)17-15(23)14(22)16(24-17)11-6-5-9-3-1-2-4-10(9)18-11/h1-6,22-23H,7-8H2. The SMILES string of the molecule is O=C1CCC(=O)N1c1oc(-c2ccc3ccccc3n2)c(O)c1O. The first-order chi connectivity index (χ1) is 11.6. The van der Waals surface area contributed by atoms with Gasteiger partial charge in [0.25, 0.3) is 5.88 Å². The van der Waals surface area contributed by atoms with Crippen LogP contribution in [0.15, 0.2) is 40.8 Å². The maximum absolute atomic E-state index is 11.8. The summed E-state index contributed by atoms with van der Waals surface area (Å²) < 4.78 is 5.43. The first-order valence-electron chi connectivity index (χ1n) is 7.33. The summed E-state index contributed by atoms with van der Waals surface area (Å²) in [5, 5.41) is 21.1. The minimum atomic E-state index is -0.649. The first-order valence-corrected chi connectivity index (χ1v) is 7.33. The van der Waals surface area contributed by atoms with Crippen LogP contribution in [0.1, 0.15) is 12.8 Å². The second kappa shape index (κ2) is 5.09. The van der Waals surface area contributed by atoms with Gasteiger partial charge in [-0.15, -0.1) is 0 Å². The lowest BCUT2D eigenvalue weighted by atomic mass is 10.2. The van der Waals surface area contributed by atoms with Crippen LogP contribution in [0.2, 0.25) is 0 Å². The third-order valence-electron chi connectivity index (χ3n) is 3.93. The van der Waals surface area contributed by atoms with E-state index >= 15 is 0 Å². The highest BCUT2D eigenvalue weighted by Gasteiger charge is 2.37. The number of benzene rings is 1. The van der Waals surface area contributed by atoms with Gasteiger partial charge in [0.05, 0.1) is 5.52 Å². The molecule has 3 heterocycles. The van der Waals surface area contributed by atoms with E-state index in [2.05, 4.69) is 4.98 Å². The van der Waals surface area contributed by atoms with E-state index in [1.165, 1.54) is 0 Å². The molecule has 1 aliphatic heterocycles. The molecule has 1 aliphatic rings. The van der Waals surface area contributed by atoms with Crippen molar-refractivity contribution in [3.05, 3.63) is 36.4 Å². The molecular formula is C17H12N2O5. The van der Waals surface area contributed by atoms with Crippen LogP contribution in [0.4, 0.5) is 5.88 Å². The zero-order valence-electron chi connectivity index (χ0n) is 12.4. The lowest BCUT2D eigenvalue weighted by molar-refractivity contribution is -0.121. The maximum Gasteiger partial charge on any atom is 0.256 e. The first kappa shape index (κ1) is 14.3.